The van der Waals surface area contributed by atoms with Crippen LogP contribution in [0.2, 0.25) is 0 Å². The summed E-state index contributed by atoms with van der Waals surface area (Å²) in [4.78, 5) is 1.67. The topological polar surface area (TPSA) is 53.0 Å². The molecule has 3 atom stereocenters. The third kappa shape index (κ3) is 6.99. The van der Waals surface area contributed by atoms with Crippen molar-refractivity contribution in [1.29, 1.82) is 0 Å². The summed E-state index contributed by atoms with van der Waals surface area (Å²) in [5.74, 6) is -1.94. The van der Waals surface area contributed by atoms with E-state index in [1.165, 1.54) is 27.8 Å². The maximum Gasteiger partial charge on any atom is 0.573 e. The number of alkyl halides is 6. The Morgan fingerprint density at radius 1 is 1.13 bits per heavy atom. The predicted molar refractivity (Wildman–Crippen MR) is 136 cm³/mol. The smallest absolute Gasteiger partial charge is 0.406 e. The summed E-state index contributed by atoms with van der Waals surface area (Å²) in [6.45, 7) is 1.87. The number of rotatable bonds is 8. The number of hydrogen-bond donors (Lipinski definition) is 1. The van der Waals surface area contributed by atoms with Crippen LogP contribution in [0.5, 0.6) is 5.75 Å². The molecule has 0 aliphatic carbocycles. The Morgan fingerprint density at radius 2 is 1.82 bits per heavy atom. The van der Waals surface area contributed by atoms with Gasteiger partial charge in [-0.3, -0.25) is 13.8 Å². The highest BCUT2D eigenvalue weighted by molar-refractivity contribution is 7.81. The van der Waals surface area contributed by atoms with Crippen molar-refractivity contribution in [3.8, 4) is 5.75 Å². The maximum absolute atomic E-state index is 13.6. The van der Waals surface area contributed by atoms with Crippen LogP contribution in [0.15, 0.2) is 48.5 Å². The number of nitrogens with zero attached hydrogens (tertiary/aromatic N) is 2. The minimum Gasteiger partial charge on any atom is -0.406 e. The van der Waals surface area contributed by atoms with Crippen LogP contribution in [0.4, 0.5) is 31.3 Å². The van der Waals surface area contributed by atoms with Crippen molar-refractivity contribution in [2.45, 2.75) is 44.8 Å². The van der Waals surface area contributed by atoms with Crippen LogP contribution < -0.4 is 9.04 Å². The van der Waals surface area contributed by atoms with Crippen molar-refractivity contribution in [1.82, 2.24) is 4.90 Å². The maximum atomic E-state index is 13.6. The average Bonchev–Trinajstić information content (AvgIpc) is 3.17. The van der Waals surface area contributed by atoms with Gasteiger partial charge in [-0.1, -0.05) is 30.3 Å². The van der Waals surface area contributed by atoms with E-state index >= 15 is 0 Å². The number of thiophene rings is 1. The largest absolute Gasteiger partial charge is 0.573 e. The summed E-state index contributed by atoms with van der Waals surface area (Å²) in [5.41, 5.74) is 1.35. The molecule has 38 heavy (non-hydrogen) atoms. The van der Waals surface area contributed by atoms with E-state index in [2.05, 4.69) is 4.74 Å². The molecule has 3 aromatic rings. The molecule has 208 valence electrons. The van der Waals surface area contributed by atoms with Crippen molar-refractivity contribution in [2.24, 2.45) is 5.92 Å². The van der Waals surface area contributed by atoms with Gasteiger partial charge in [0.25, 0.3) is 11.3 Å². The van der Waals surface area contributed by atoms with Gasteiger partial charge in [-0.05, 0) is 67.4 Å². The molecule has 4 rings (SSSR count). The van der Waals surface area contributed by atoms with Crippen LogP contribution >= 0.6 is 11.3 Å². The fourth-order valence-electron chi connectivity index (χ4n) is 4.82. The van der Waals surface area contributed by atoms with Gasteiger partial charge in [0.2, 0.25) is 0 Å². The lowest BCUT2D eigenvalue weighted by Gasteiger charge is -2.40. The lowest BCUT2D eigenvalue weighted by atomic mass is 9.94. The molecule has 0 spiro atoms. The second-order valence-electron chi connectivity index (χ2n) is 9.25. The van der Waals surface area contributed by atoms with Gasteiger partial charge in [0.15, 0.2) is 0 Å². The van der Waals surface area contributed by atoms with Crippen LogP contribution in [-0.2, 0) is 17.7 Å². The van der Waals surface area contributed by atoms with E-state index in [1.807, 2.05) is 31.2 Å². The van der Waals surface area contributed by atoms with E-state index in [0.717, 1.165) is 27.8 Å². The normalized spacial score (nSPS) is 18.9. The average molecular weight is 581 g/mol. The molecule has 1 aliphatic heterocycles. The first-order chi connectivity index (χ1) is 17.8. The van der Waals surface area contributed by atoms with E-state index in [-0.39, 0.29) is 25.9 Å². The number of anilines is 1. The molecule has 1 N–H and O–H groups in total. The fourth-order valence-corrected chi connectivity index (χ4v) is 6.83. The zero-order chi connectivity index (χ0) is 27.7. The zero-order valence-corrected chi connectivity index (χ0v) is 21.9. The lowest BCUT2D eigenvalue weighted by molar-refractivity contribution is -0.274. The third-order valence-electron chi connectivity index (χ3n) is 6.67. The van der Waals surface area contributed by atoms with Gasteiger partial charge in [-0.25, -0.2) is 4.21 Å². The SMILES string of the molecule is Cc1c(N(CC(Cc2ccc(OC(F)(F)F)cc2)N2CCCC(C(F)(F)F)C2)S(=O)O)sc2ccccc12. The number of fused-ring (bicyclic) bond motifs is 1. The van der Waals surface area contributed by atoms with Gasteiger partial charge in [0, 0.05) is 17.3 Å². The molecule has 1 aliphatic rings. The molecule has 0 saturated carbocycles. The van der Waals surface area contributed by atoms with E-state index in [1.54, 1.807) is 4.90 Å². The van der Waals surface area contributed by atoms with E-state index in [0.29, 0.717) is 23.5 Å². The quantitative estimate of drug-likeness (QED) is 0.232. The van der Waals surface area contributed by atoms with E-state index in [4.69, 9.17) is 0 Å². The summed E-state index contributed by atoms with van der Waals surface area (Å²) in [7, 11) is 0. The summed E-state index contributed by atoms with van der Waals surface area (Å²) in [5, 5.41) is 1.45. The monoisotopic (exact) mass is 580 g/mol. The van der Waals surface area contributed by atoms with Gasteiger partial charge in [-0.15, -0.1) is 24.5 Å². The molecule has 0 radical (unpaired) electrons. The molecule has 3 unspecified atom stereocenters. The highest BCUT2D eigenvalue weighted by Crippen LogP contribution is 2.39. The lowest BCUT2D eigenvalue weighted by Crippen LogP contribution is -2.51. The molecule has 1 aromatic heterocycles. The molecule has 1 saturated heterocycles. The zero-order valence-electron chi connectivity index (χ0n) is 20.3. The summed E-state index contributed by atoms with van der Waals surface area (Å²) >= 11 is -1.15. The fraction of sp³-hybridized carbons (Fsp3) is 0.440. The first-order valence-electron chi connectivity index (χ1n) is 11.8. The number of aryl methyl sites for hydroxylation is 1. The number of ether oxygens (including phenoxy) is 1. The number of benzene rings is 2. The minimum absolute atomic E-state index is 0.00126. The Morgan fingerprint density at radius 3 is 2.42 bits per heavy atom. The Balaban J connectivity index is 1.64. The molecule has 1 fully saturated rings. The van der Waals surface area contributed by atoms with Crippen LogP contribution in [0.3, 0.4) is 0 Å². The molecular formula is C25H26F6N2O3S2. The van der Waals surface area contributed by atoms with E-state index in [9.17, 15) is 35.1 Å². The van der Waals surface area contributed by atoms with Crippen LogP contribution in [0.25, 0.3) is 10.1 Å². The van der Waals surface area contributed by atoms with Gasteiger partial charge >= 0.3 is 12.5 Å². The van der Waals surface area contributed by atoms with Gasteiger partial charge in [0.1, 0.15) is 10.8 Å². The Bertz CT molecular complexity index is 1260. The Hall–Kier alpha value is -2.35. The van der Waals surface area contributed by atoms with Crippen molar-refractivity contribution < 1.29 is 39.8 Å². The summed E-state index contributed by atoms with van der Waals surface area (Å²) in [6.07, 6.45) is -8.75. The Kier molecular flexibility index (Phi) is 8.60. The number of hydrogen-bond acceptors (Lipinski definition) is 4. The molecule has 2 aromatic carbocycles. The number of piperidine rings is 1. The third-order valence-corrected chi connectivity index (χ3v) is 8.79. The van der Waals surface area contributed by atoms with Gasteiger partial charge < -0.3 is 4.74 Å². The molecule has 5 nitrogen and oxygen atoms in total. The summed E-state index contributed by atoms with van der Waals surface area (Å²) in [6, 6.07) is 12.0. The molecule has 13 heteroatoms. The van der Waals surface area contributed by atoms with Crippen LogP contribution in [-0.4, -0.2) is 51.9 Å². The number of likely N-dealkylation sites (tertiary alicyclic amines) is 1. The standard InChI is InChI=1S/C25H26F6N2O3S2/c1-16-21-6-2-3-7-22(21)37-23(16)33(38(34)35)15-19(32-12-4-5-18(14-32)24(26,27)28)13-17-8-10-20(11-9-17)36-25(29,30)31/h2-3,6-11,18-19H,4-5,12-15H2,1H3,(H,34,35). The van der Waals surface area contributed by atoms with Crippen molar-refractivity contribution >= 4 is 37.7 Å². The Labute approximate surface area is 222 Å². The second-order valence-corrected chi connectivity index (χ2v) is 11.2. The van der Waals surface area contributed by atoms with Crippen molar-refractivity contribution in [2.75, 3.05) is 23.9 Å². The molecular weight excluding hydrogens is 554 g/mol. The van der Waals surface area contributed by atoms with Gasteiger partial charge in [-0.2, -0.15) is 13.2 Å². The van der Waals surface area contributed by atoms with Gasteiger partial charge in [0.05, 0.1) is 12.5 Å². The first kappa shape index (κ1) is 28.7. The second kappa shape index (κ2) is 11.4. The predicted octanol–water partition coefficient (Wildman–Crippen LogP) is 6.94. The first-order valence-corrected chi connectivity index (χ1v) is 13.7. The molecule has 0 bridgehead atoms. The van der Waals surface area contributed by atoms with Crippen LogP contribution in [0.1, 0.15) is 24.0 Å². The van der Waals surface area contributed by atoms with Crippen molar-refractivity contribution in [3.05, 3.63) is 59.7 Å². The number of halogens is 6. The van der Waals surface area contributed by atoms with E-state index < -0.39 is 41.5 Å². The van der Waals surface area contributed by atoms with Crippen LogP contribution in [0, 0.1) is 12.8 Å². The highest BCUT2D eigenvalue weighted by Gasteiger charge is 2.43. The molecule has 0 amide bonds. The minimum atomic E-state index is -4.85. The highest BCUT2D eigenvalue weighted by atomic mass is 32.2. The molecule has 2 heterocycles. The van der Waals surface area contributed by atoms with Crippen molar-refractivity contribution in [3.63, 3.8) is 0 Å². The summed E-state index contributed by atoms with van der Waals surface area (Å²) < 4.78 is 107.